The largest absolute Gasteiger partial charge is 0.346 e. The highest BCUT2D eigenvalue weighted by molar-refractivity contribution is 6.33. The molecule has 0 spiro atoms. The van der Waals surface area contributed by atoms with Crippen molar-refractivity contribution in [1.29, 1.82) is 0 Å². The van der Waals surface area contributed by atoms with Gasteiger partial charge in [-0.3, -0.25) is 4.79 Å². The van der Waals surface area contributed by atoms with Gasteiger partial charge in [0.15, 0.2) is 0 Å². The SMILES string of the molecule is CC(C)c1ncc(Cl)c(C(=O)N[C@@H]2CN(C)C[C@H]2c2ccccc2)n1. The van der Waals surface area contributed by atoms with Gasteiger partial charge in [0.1, 0.15) is 11.5 Å². The van der Waals surface area contributed by atoms with Gasteiger partial charge in [-0.2, -0.15) is 0 Å². The standard InChI is InChI=1S/C19H23ClN4O/c1-12(2)18-21-9-15(20)17(23-18)19(25)22-16-11-24(3)10-14(16)13-7-5-4-6-8-13/h4-9,12,14,16H,10-11H2,1-3H3,(H,22,25)/t14-,16+/m0/s1. The van der Waals surface area contributed by atoms with E-state index in [4.69, 9.17) is 11.6 Å². The molecule has 2 aromatic rings. The first kappa shape index (κ1) is 17.8. The number of nitrogens with zero attached hydrogens (tertiary/aromatic N) is 3. The van der Waals surface area contributed by atoms with Gasteiger partial charge in [-0.15, -0.1) is 0 Å². The molecule has 1 fully saturated rings. The summed E-state index contributed by atoms with van der Waals surface area (Å²) in [7, 11) is 2.07. The zero-order valence-corrected chi connectivity index (χ0v) is 15.5. The third-order valence-corrected chi connectivity index (χ3v) is 4.82. The minimum atomic E-state index is -0.240. The van der Waals surface area contributed by atoms with Crippen LogP contribution >= 0.6 is 11.6 Å². The molecule has 0 saturated carbocycles. The van der Waals surface area contributed by atoms with Crippen LogP contribution in [0.3, 0.4) is 0 Å². The third kappa shape index (κ3) is 3.99. The smallest absolute Gasteiger partial charge is 0.271 e. The summed E-state index contributed by atoms with van der Waals surface area (Å²) in [4.78, 5) is 23.6. The molecule has 5 nitrogen and oxygen atoms in total. The first-order chi connectivity index (χ1) is 12.0. The molecular formula is C19H23ClN4O. The molecule has 0 radical (unpaired) electrons. The van der Waals surface area contributed by atoms with Crippen LogP contribution in [0.2, 0.25) is 5.02 Å². The number of aromatic nitrogens is 2. The summed E-state index contributed by atoms with van der Waals surface area (Å²) in [5.74, 6) is 0.770. The van der Waals surface area contributed by atoms with Crippen LogP contribution in [0.5, 0.6) is 0 Å². The number of hydrogen-bond donors (Lipinski definition) is 1. The van der Waals surface area contributed by atoms with Gasteiger partial charge in [0.05, 0.1) is 11.2 Å². The highest BCUT2D eigenvalue weighted by atomic mass is 35.5. The zero-order chi connectivity index (χ0) is 18.0. The molecule has 1 amide bonds. The van der Waals surface area contributed by atoms with E-state index in [1.807, 2.05) is 32.0 Å². The third-order valence-electron chi connectivity index (χ3n) is 4.54. The number of benzene rings is 1. The number of amides is 1. The Morgan fingerprint density at radius 2 is 2.00 bits per heavy atom. The highest BCUT2D eigenvalue weighted by Gasteiger charge is 2.33. The second-order valence-corrected chi connectivity index (χ2v) is 7.30. The maximum Gasteiger partial charge on any atom is 0.271 e. The van der Waals surface area contributed by atoms with Gasteiger partial charge in [-0.25, -0.2) is 9.97 Å². The molecule has 0 unspecified atom stereocenters. The molecule has 25 heavy (non-hydrogen) atoms. The van der Waals surface area contributed by atoms with Crippen molar-refractivity contribution >= 4 is 17.5 Å². The predicted molar refractivity (Wildman–Crippen MR) is 99.1 cm³/mol. The summed E-state index contributed by atoms with van der Waals surface area (Å²) >= 11 is 6.17. The molecule has 132 valence electrons. The van der Waals surface area contributed by atoms with Crippen LogP contribution in [0.4, 0.5) is 0 Å². The second kappa shape index (κ2) is 7.50. The van der Waals surface area contributed by atoms with E-state index in [1.165, 1.54) is 11.8 Å². The number of carbonyl (C=O) groups excluding carboxylic acids is 1. The monoisotopic (exact) mass is 358 g/mol. The van der Waals surface area contributed by atoms with E-state index in [-0.39, 0.29) is 34.5 Å². The minimum absolute atomic E-state index is 0.0217. The summed E-state index contributed by atoms with van der Waals surface area (Å²) in [6.07, 6.45) is 1.51. The lowest BCUT2D eigenvalue weighted by molar-refractivity contribution is 0.0930. The van der Waals surface area contributed by atoms with Crippen molar-refractivity contribution in [1.82, 2.24) is 20.2 Å². The molecule has 0 bridgehead atoms. The number of carbonyl (C=O) groups is 1. The van der Waals surface area contributed by atoms with E-state index in [1.54, 1.807) is 0 Å². The molecule has 1 aliphatic rings. The lowest BCUT2D eigenvalue weighted by Crippen LogP contribution is -2.40. The molecule has 1 aliphatic heterocycles. The number of likely N-dealkylation sites (tertiary alicyclic amines) is 1. The molecule has 3 rings (SSSR count). The van der Waals surface area contributed by atoms with Gasteiger partial charge in [0, 0.05) is 31.0 Å². The van der Waals surface area contributed by atoms with Gasteiger partial charge in [0.2, 0.25) is 0 Å². The molecule has 6 heteroatoms. The Balaban J connectivity index is 1.81. The van der Waals surface area contributed by atoms with Crippen LogP contribution in [0.1, 0.15) is 47.6 Å². The molecule has 1 aromatic carbocycles. The van der Waals surface area contributed by atoms with Crippen LogP contribution in [0.25, 0.3) is 0 Å². The van der Waals surface area contributed by atoms with E-state index < -0.39 is 0 Å². The summed E-state index contributed by atoms with van der Waals surface area (Å²) in [5, 5.41) is 3.41. The molecule has 1 aromatic heterocycles. The Labute approximate surface area is 153 Å². The van der Waals surface area contributed by atoms with Crippen molar-refractivity contribution in [2.24, 2.45) is 0 Å². The van der Waals surface area contributed by atoms with Crippen LogP contribution < -0.4 is 5.32 Å². The Kier molecular flexibility index (Phi) is 5.35. The molecule has 0 aliphatic carbocycles. The molecule has 1 saturated heterocycles. The van der Waals surface area contributed by atoms with Crippen molar-refractivity contribution < 1.29 is 4.79 Å². The van der Waals surface area contributed by atoms with Crippen molar-refractivity contribution in [3.63, 3.8) is 0 Å². The average Bonchev–Trinajstić information content (AvgIpc) is 2.96. The molecule has 1 N–H and O–H groups in total. The minimum Gasteiger partial charge on any atom is -0.346 e. The molecule has 2 atom stereocenters. The number of hydrogen-bond acceptors (Lipinski definition) is 4. The van der Waals surface area contributed by atoms with Crippen molar-refractivity contribution in [2.45, 2.75) is 31.7 Å². The topological polar surface area (TPSA) is 58.1 Å². The fourth-order valence-electron chi connectivity index (χ4n) is 3.24. The van der Waals surface area contributed by atoms with Crippen molar-refractivity contribution in [2.75, 3.05) is 20.1 Å². The number of nitrogens with one attached hydrogen (secondary N) is 1. The van der Waals surface area contributed by atoms with Gasteiger partial charge in [0.25, 0.3) is 5.91 Å². The average molecular weight is 359 g/mol. The lowest BCUT2D eigenvalue weighted by Gasteiger charge is -2.20. The number of rotatable bonds is 4. The normalized spacial score (nSPS) is 20.8. The van der Waals surface area contributed by atoms with Crippen molar-refractivity contribution in [3.8, 4) is 0 Å². The van der Waals surface area contributed by atoms with Gasteiger partial charge in [-0.05, 0) is 12.6 Å². The van der Waals surface area contributed by atoms with E-state index in [9.17, 15) is 4.79 Å². The first-order valence-electron chi connectivity index (χ1n) is 8.52. The summed E-state index contributed by atoms with van der Waals surface area (Å²) in [6, 6.07) is 10.3. The maximum atomic E-state index is 12.8. The van der Waals surface area contributed by atoms with Crippen LogP contribution in [-0.4, -0.2) is 47.0 Å². The Hall–Kier alpha value is -1.98. The predicted octanol–water partition coefficient (Wildman–Crippen LogP) is 3.08. The van der Waals surface area contributed by atoms with Crippen LogP contribution in [-0.2, 0) is 0 Å². The molecule has 2 heterocycles. The maximum absolute atomic E-state index is 12.8. The van der Waals surface area contributed by atoms with E-state index in [0.717, 1.165) is 13.1 Å². The van der Waals surface area contributed by atoms with Crippen molar-refractivity contribution in [3.05, 3.63) is 58.6 Å². The quantitative estimate of drug-likeness (QED) is 0.912. The van der Waals surface area contributed by atoms with Gasteiger partial charge >= 0.3 is 0 Å². The van der Waals surface area contributed by atoms with Crippen LogP contribution in [0, 0.1) is 0 Å². The summed E-state index contributed by atoms with van der Waals surface area (Å²) in [5.41, 5.74) is 1.48. The van der Waals surface area contributed by atoms with E-state index in [0.29, 0.717) is 5.82 Å². The highest BCUT2D eigenvalue weighted by Crippen LogP contribution is 2.27. The van der Waals surface area contributed by atoms with E-state index in [2.05, 4.69) is 39.4 Å². The lowest BCUT2D eigenvalue weighted by atomic mass is 9.94. The number of halogens is 1. The zero-order valence-electron chi connectivity index (χ0n) is 14.7. The summed E-state index contributed by atoms with van der Waals surface area (Å²) < 4.78 is 0. The first-order valence-corrected chi connectivity index (χ1v) is 8.90. The van der Waals surface area contributed by atoms with Crippen LogP contribution in [0.15, 0.2) is 36.5 Å². The van der Waals surface area contributed by atoms with Gasteiger partial charge < -0.3 is 10.2 Å². The fourth-order valence-corrected chi connectivity index (χ4v) is 3.42. The molecular weight excluding hydrogens is 336 g/mol. The van der Waals surface area contributed by atoms with E-state index >= 15 is 0 Å². The Morgan fingerprint density at radius 1 is 1.28 bits per heavy atom. The Bertz CT molecular complexity index is 750. The summed E-state index contributed by atoms with van der Waals surface area (Å²) in [6.45, 7) is 5.68. The van der Waals surface area contributed by atoms with Gasteiger partial charge in [-0.1, -0.05) is 55.8 Å². The number of likely N-dealkylation sites (N-methyl/N-ethyl adjacent to an activating group) is 1. The fraction of sp³-hybridized carbons (Fsp3) is 0.421. The Morgan fingerprint density at radius 3 is 2.68 bits per heavy atom. The second-order valence-electron chi connectivity index (χ2n) is 6.90.